The summed E-state index contributed by atoms with van der Waals surface area (Å²) in [5.74, 6) is 0.231. The zero-order valence-electron chi connectivity index (χ0n) is 13.0. The van der Waals surface area contributed by atoms with Gasteiger partial charge in [-0.2, -0.15) is 5.10 Å². The highest BCUT2D eigenvalue weighted by Gasteiger charge is 2.19. The van der Waals surface area contributed by atoms with E-state index in [1.807, 2.05) is 42.5 Å². The molecule has 6 nitrogen and oxygen atoms in total. The molecule has 1 aliphatic rings. The van der Waals surface area contributed by atoms with Gasteiger partial charge >= 0.3 is 0 Å². The maximum absolute atomic E-state index is 12.5. The molecule has 1 aromatic carbocycles. The number of ether oxygens (including phenoxy) is 1. The lowest BCUT2D eigenvalue weighted by molar-refractivity contribution is 0.101. The Morgan fingerprint density at radius 1 is 1.12 bits per heavy atom. The molecule has 1 amide bonds. The first-order valence-corrected chi connectivity index (χ1v) is 7.79. The van der Waals surface area contributed by atoms with Crippen LogP contribution in [0.4, 0.5) is 5.82 Å². The second-order valence-electron chi connectivity index (χ2n) is 5.56. The lowest BCUT2D eigenvalue weighted by Crippen LogP contribution is -2.16. The van der Waals surface area contributed by atoms with Crippen LogP contribution in [0.25, 0.3) is 11.3 Å². The van der Waals surface area contributed by atoms with Gasteiger partial charge in [-0.25, -0.2) is 4.98 Å². The number of amides is 1. The van der Waals surface area contributed by atoms with E-state index in [1.165, 1.54) is 0 Å². The van der Waals surface area contributed by atoms with Crippen molar-refractivity contribution in [2.75, 3.05) is 11.9 Å². The van der Waals surface area contributed by atoms with Crippen molar-refractivity contribution in [1.82, 2.24) is 15.2 Å². The summed E-state index contributed by atoms with van der Waals surface area (Å²) in [6, 6.07) is 15.2. The molecule has 120 valence electrons. The summed E-state index contributed by atoms with van der Waals surface area (Å²) in [5.41, 5.74) is 4.01. The summed E-state index contributed by atoms with van der Waals surface area (Å²) >= 11 is 0. The number of anilines is 1. The van der Waals surface area contributed by atoms with Crippen molar-refractivity contribution >= 4 is 11.7 Å². The van der Waals surface area contributed by atoms with E-state index in [9.17, 15) is 4.79 Å². The van der Waals surface area contributed by atoms with Gasteiger partial charge in [0.1, 0.15) is 5.69 Å². The standard InChI is InChI=1S/C18H16N4O2/c23-18(20-17-13-11-24-10-9-15(13)21-22-17)16-8-4-7-14(19-16)12-5-2-1-3-6-12/h1-8H,9-11H2,(H2,20,21,22,23). The number of nitrogens with zero attached hydrogens (tertiary/aromatic N) is 2. The fourth-order valence-electron chi connectivity index (χ4n) is 2.72. The van der Waals surface area contributed by atoms with Crippen LogP contribution in [0.2, 0.25) is 0 Å². The molecule has 0 radical (unpaired) electrons. The molecule has 0 saturated heterocycles. The van der Waals surface area contributed by atoms with Crippen molar-refractivity contribution in [1.29, 1.82) is 0 Å². The summed E-state index contributed by atoms with van der Waals surface area (Å²) < 4.78 is 5.43. The summed E-state index contributed by atoms with van der Waals surface area (Å²) in [6.07, 6.45) is 0.778. The van der Waals surface area contributed by atoms with Crippen molar-refractivity contribution in [3.8, 4) is 11.3 Å². The number of nitrogens with one attached hydrogen (secondary N) is 2. The predicted molar refractivity (Wildman–Crippen MR) is 89.6 cm³/mol. The van der Waals surface area contributed by atoms with Crippen molar-refractivity contribution in [2.45, 2.75) is 13.0 Å². The molecule has 0 fully saturated rings. The molecule has 0 saturated carbocycles. The van der Waals surface area contributed by atoms with Gasteiger partial charge in [-0.15, -0.1) is 0 Å². The molecule has 6 heteroatoms. The number of fused-ring (bicyclic) bond motifs is 1. The number of aromatic nitrogens is 3. The van der Waals surface area contributed by atoms with E-state index in [0.717, 1.165) is 28.9 Å². The smallest absolute Gasteiger partial charge is 0.275 e. The summed E-state index contributed by atoms with van der Waals surface area (Å²) in [6.45, 7) is 1.13. The number of hydrogen-bond acceptors (Lipinski definition) is 4. The summed E-state index contributed by atoms with van der Waals surface area (Å²) in [4.78, 5) is 17.0. The van der Waals surface area contributed by atoms with E-state index in [2.05, 4.69) is 20.5 Å². The van der Waals surface area contributed by atoms with Gasteiger partial charge in [0.2, 0.25) is 0 Å². The van der Waals surface area contributed by atoms with Crippen LogP contribution in [0.5, 0.6) is 0 Å². The van der Waals surface area contributed by atoms with Gasteiger partial charge in [0.15, 0.2) is 5.82 Å². The fourth-order valence-corrected chi connectivity index (χ4v) is 2.72. The average Bonchev–Trinajstić information content (AvgIpc) is 3.06. The molecule has 0 spiro atoms. The van der Waals surface area contributed by atoms with E-state index in [-0.39, 0.29) is 5.91 Å². The normalized spacial score (nSPS) is 13.3. The third-order valence-corrected chi connectivity index (χ3v) is 3.98. The maximum atomic E-state index is 12.5. The molecular weight excluding hydrogens is 304 g/mol. The Kier molecular flexibility index (Phi) is 3.80. The Morgan fingerprint density at radius 3 is 2.88 bits per heavy atom. The molecule has 3 heterocycles. The minimum atomic E-state index is -0.285. The largest absolute Gasteiger partial charge is 0.376 e. The Hall–Kier alpha value is -2.99. The molecular formula is C18H16N4O2. The second-order valence-corrected chi connectivity index (χ2v) is 5.56. The quantitative estimate of drug-likeness (QED) is 0.777. The van der Waals surface area contributed by atoms with Crippen molar-refractivity contribution in [2.24, 2.45) is 0 Å². The van der Waals surface area contributed by atoms with Gasteiger partial charge in [0.05, 0.1) is 18.9 Å². The molecule has 24 heavy (non-hydrogen) atoms. The number of aromatic amines is 1. The number of carbonyl (C=O) groups excluding carboxylic acids is 1. The predicted octanol–water partition coefficient (Wildman–Crippen LogP) is 2.80. The van der Waals surface area contributed by atoms with Crippen molar-refractivity contribution in [3.63, 3.8) is 0 Å². The number of pyridine rings is 1. The van der Waals surface area contributed by atoms with Gasteiger partial charge in [0.25, 0.3) is 5.91 Å². The van der Waals surface area contributed by atoms with Crippen LogP contribution < -0.4 is 5.32 Å². The average molecular weight is 320 g/mol. The molecule has 0 aliphatic carbocycles. The lowest BCUT2D eigenvalue weighted by atomic mass is 10.1. The van der Waals surface area contributed by atoms with Gasteiger partial charge in [-0.3, -0.25) is 9.89 Å². The Labute approximate surface area is 138 Å². The summed E-state index contributed by atoms with van der Waals surface area (Å²) in [7, 11) is 0. The molecule has 0 bridgehead atoms. The van der Waals surface area contributed by atoms with Gasteiger partial charge in [-0.1, -0.05) is 36.4 Å². The van der Waals surface area contributed by atoms with Crippen LogP contribution in [-0.2, 0) is 17.8 Å². The Morgan fingerprint density at radius 2 is 2.00 bits per heavy atom. The zero-order valence-corrected chi connectivity index (χ0v) is 13.0. The first-order chi connectivity index (χ1) is 11.8. The highest BCUT2D eigenvalue weighted by Crippen LogP contribution is 2.23. The SMILES string of the molecule is O=C(Nc1n[nH]c2c1COCC2)c1cccc(-c2ccccc2)n1. The molecule has 3 aromatic rings. The fraction of sp³-hybridized carbons (Fsp3) is 0.167. The molecule has 2 N–H and O–H groups in total. The minimum absolute atomic E-state index is 0.285. The monoisotopic (exact) mass is 320 g/mol. The minimum Gasteiger partial charge on any atom is -0.376 e. The van der Waals surface area contributed by atoms with Crippen LogP contribution in [0.1, 0.15) is 21.7 Å². The third kappa shape index (κ3) is 2.79. The van der Waals surface area contributed by atoms with Crippen LogP contribution in [0, 0.1) is 0 Å². The summed E-state index contributed by atoms with van der Waals surface area (Å²) in [5, 5.41) is 9.96. The van der Waals surface area contributed by atoms with Gasteiger partial charge < -0.3 is 10.1 Å². The van der Waals surface area contributed by atoms with E-state index in [0.29, 0.717) is 24.7 Å². The van der Waals surface area contributed by atoms with Crippen molar-refractivity contribution < 1.29 is 9.53 Å². The van der Waals surface area contributed by atoms with Crippen LogP contribution in [0.15, 0.2) is 48.5 Å². The van der Waals surface area contributed by atoms with Gasteiger partial charge in [0, 0.05) is 23.2 Å². The molecule has 0 unspecified atom stereocenters. The zero-order chi connectivity index (χ0) is 16.4. The van der Waals surface area contributed by atoms with E-state index in [1.54, 1.807) is 6.07 Å². The Bertz CT molecular complexity index is 874. The van der Waals surface area contributed by atoms with E-state index < -0.39 is 0 Å². The number of carbonyl (C=O) groups is 1. The first kappa shape index (κ1) is 14.6. The number of benzene rings is 1. The topological polar surface area (TPSA) is 79.9 Å². The van der Waals surface area contributed by atoms with E-state index >= 15 is 0 Å². The second kappa shape index (κ2) is 6.25. The molecule has 2 aromatic heterocycles. The maximum Gasteiger partial charge on any atom is 0.275 e. The van der Waals surface area contributed by atoms with Crippen LogP contribution in [-0.4, -0.2) is 27.7 Å². The molecule has 0 atom stereocenters. The number of rotatable bonds is 3. The van der Waals surface area contributed by atoms with E-state index in [4.69, 9.17) is 4.74 Å². The third-order valence-electron chi connectivity index (χ3n) is 3.98. The van der Waals surface area contributed by atoms with Crippen LogP contribution in [0.3, 0.4) is 0 Å². The Balaban J connectivity index is 1.58. The van der Waals surface area contributed by atoms with Crippen LogP contribution >= 0.6 is 0 Å². The lowest BCUT2D eigenvalue weighted by Gasteiger charge is -2.12. The highest BCUT2D eigenvalue weighted by atomic mass is 16.5. The van der Waals surface area contributed by atoms with Crippen molar-refractivity contribution in [3.05, 3.63) is 65.5 Å². The molecule has 4 rings (SSSR count). The number of hydrogen-bond donors (Lipinski definition) is 2. The highest BCUT2D eigenvalue weighted by molar-refractivity contribution is 6.03. The first-order valence-electron chi connectivity index (χ1n) is 7.79. The molecule has 1 aliphatic heterocycles. The van der Waals surface area contributed by atoms with Gasteiger partial charge in [-0.05, 0) is 12.1 Å². The number of H-pyrrole nitrogens is 1.